The van der Waals surface area contributed by atoms with Crippen LogP contribution < -0.4 is 10.7 Å². The quantitative estimate of drug-likeness (QED) is 0.526. The van der Waals surface area contributed by atoms with Crippen molar-refractivity contribution in [3.63, 3.8) is 0 Å². The molecule has 0 heterocycles. The van der Waals surface area contributed by atoms with E-state index in [0.29, 0.717) is 16.3 Å². The SMILES string of the molecule is CC(=O)Nc1ccc(S(=O)(=O)N(C)CC(=O)N/N=C/c2cccc(Cl)c2)cc1. The van der Waals surface area contributed by atoms with Gasteiger partial charge in [0, 0.05) is 24.7 Å². The van der Waals surface area contributed by atoms with Gasteiger partial charge in [-0.1, -0.05) is 23.7 Å². The number of benzene rings is 2. The van der Waals surface area contributed by atoms with Crippen molar-refractivity contribution >= 4 is 45.3 Å². The van der Waals surface area contributed by atoms with Crippen LogP contribution in [0, 0.1) is 0 Å². The lowest BCUT2D eigenvalue weighted by atomic mass is 10.2. The average molecular weight is 423 g/mol. The van der Waals surface area contributed by atoms with Gasteiger partial charge < -0.3 is 5.32 Å². The zero-order valence-corrected chi connectivity index (χ0v) is 16.8. The maximum Gasteiger partial charge on any atom is 0.255 e. The molecule has 0 radical (unpaired) electrons. The van der Waals surface area contributed by atoms with E-state index in [1.165, 1.54) is 44.5 Å². The van der Waals surface area contributed by atoms with Crippen LogP contribution >= 0.6 is 11.6 Å². The molecule has 2 N–H and O–H groups in total. The summed E-state index contributed by atoms with van der Waals surface area (Å²) in [5, 5.41) is 6.87. The number of amides is 2. The molecule has 2 amide bonds. The highest BCUT2D eigenvalue weighted by molar-refractivity contribution is 7.89. The fraction of sp³-hybridized carbons (Fsp3) is 0.167. The van der Waals surface area contributed by atoms with Crippen molar-refractivity contribution in [3.8, 4) is 0 Å². The van der Waals surface area contributed by atoms with Crippen molar-refractivity contribution < 1.29 is 18.0 Å². The highest BCUT2D eigenvalue weighted by Gasteiger charge is 2.22. The van der Waals surface area contributed by atoms with E-state index in [4.69, 9.17) is 11.6 Å². The molecular weight excluding hydrogens is 404 g/mol. The summed E-state index contributed by atoms with van der Waals surface area (Å²) in [6, 6.07) is 12.5. The molecule has 0 saturated heterocycles. The second kappa shape index (κ2) is 9.45. The number of anilines is 1. The number of hydrazone groups is 1. The fourth-order valence-electron chi connectivity index (χ4n) is 2.18. The molecule has 28 heavy (non-hydrogen) atoms. The number of hydrogen-bond acceptors (Lipinski definition) is 5. The predicted octanol–water partition coefficient (Wildman–Crippen LogP) is 2.07. The Labute approximate surface area is 168 Å². The topological polar surface area (TPSA) is 108 Å². The molecule has 0 bridgehead atoms. The van der Waals surface area contributed by atoms with Crippen molar-refractivity contribution in [2.24, 2.45) is 5.10 Å². The number of nitrogens with zero attached hydrogens (tertiary/aromatic N) is 2. The van der Waals surface area contributed by atoms with Crippen LogP contribution in [0.3, 0.4) is 0 Å². The van der Waals surface area contributed by atoms with Crippen molar-refractivity contribution in [2.45, 2.75) is 11.8 Å². The van der Waals surface area contributed by atoms with E-state index < -0.39 is 22.5 Å². The maximum atomic E-state index is 12.5. The van der Waals surface area contributed by atoms with Gasteiger partial charge in [-0.25, -0.2) is 13.8 Å². The molecule has 2 aromatic carbocycles. The van der Waals surface area contributed by atoms with Gasteiger partial charge in [0.1, 0.15) is 0 Å². The van der Waals surface area contributed by atoms with Gasteiger partial charge in [0.25, 0.3) is 5.91 Å². The molecular formula is C18H19ClN4O4S. The van der Waals surface area contributed by atoms with Gasteiger partial charge in [-0.15, -0.1) is 0 Å². The van der Waals surface area contributed by atoms with Crippen LogP contribution in [0.1, 0.15) is 12.5 Å². The summed E-state index contributed by atoms with van der Waals surface area (Å²) in [5.41, 5.74) is 3.43. The van der Waals surface area contributed by atoms with E-state index in [2.05, 4.69) is 15.8 Å². The van der Waals surface area contributed by atoms with E-state index in [0.717, 1.165) is 4.31 Å². The highest BCUT2D eigenvalue weighted by atomic mass is 35.5. The molecule has 0 aliphatic carbocycles. The molecule has 0 spiro atoms. The van der Waals surface area contributed by atoms with Crippen LogP contribution in [-0.2, 0) is 19.6 Å². The average Bonchev–Trinajstić information content (AvgIpc) is 2.61. The van der Waals surface area contributed by atoms with E-state index in [9.17, 15) is 18.0 Å². The smallest absolute Gasteiger partial charge is 0.255 e. The third-order valence-corrected chi connectivity index (χ3v) is 5.55. The number of halogens is 1. The summed E-state index contributed by atoms with van der Waals surface area (Å²) >= 11 is 5.86. The monoisotopic (exact) mass is 422 g/mol. The normalized spacial score (nSPS) is 11.6. The van der Waals surface area contributed by atoms with E-state index in [1.54, 1.807) is 24.3 Å². The molecule has 0 unspecified atom stereocenters. The summed E-state index contributed by atoms with van der Waals surface area (Å²) in [5.74, 6) is -0.859. The van der Waals surface area contributed by atoms with Crippen LogP contribution in [0.2, 0.25) is 5.02 Å². The van der Waals surface area contributed by atoms with Gasteiger partial charge in [0.05, 0.1) is 17.7 Å². The molecule has 0 atom stereocenters. The Hall–Kier alpha value is -2.75. The Balaban J connectivity index is 1.97. The maximum absolute atomic E-state index is 12.5. The van der Waals surface area contributed by atoms with Crippen LogP contribution in [0.25, 0.3) is 0 Å². The third-order valence-electron chi connectivity index (χ3n) is 3.50. The predicted molar refractivity (Wildman–Crippen MR) is 108 cm³/mol. The largest absolute Gasteiger partial charge is 0.326 e. The van der Waals surface area contributed by atoms with E-state index in [1.807, 2.05) is 0 Å². The summed E-state index contributed by atoms with van der Waals surface area (Å²) in [7, 11) is -2.58. The second-order valence-corrected chi connectivity index (χ2v) is 8.30. The van der Waals surface area contributed by atoms with Crippen molar-refractivity contribution in [2.75, 3.05) is 18.9 Å². The minimum atomic E-state index is -3.87. The van der Waals surface area contributed by atoms with Crippen LogP contribution in [0.5, 0.6) is 0 Å². The summed E-state index contributed by atoms with van der Waals surface area (Å²) in [6.45, 7) is 0.939. The van der Waals surface area contributed by atoms with Gasteiger partial charge in [0.2, 0.25) is 15.9 Å². The number of carbonyl (C=O) groups is 2. The van der Waals surface area contributed by atoms with Gasteiger partial charge in [0.15, 0.2) is 0 Å². The first-order valence-corrected chi connectivity index (χ1v) is 9.92. The zero-order valence-electron chi connectivity index (χ0n) is 15.2. The first kappa shape index (κ1) is 21.5. The Bertz CT molecular complexity index is 991. The number of carbonyl (C=O) groups excluding carboxylic acids is 2. The first-order valence-electron chi connectivity index (χ1n) is 8.10. The Morgan fingerprint density at radius 3 is 2.46 bits per heavy atom. The number of likely N-dealkylation sites (N-methyl/N-ethyl adjacent to an activating group) is 1. The van der Waals surface area contributed by atoms with Crippen molar-refractivity contribution in [1.82, 2.24) is 9.73 Å². The van der Waals surface area contributed by atoms with E-state index in [-0.39, 0.29) is 10.8 Å². The molecule has 2 aromatic rings. The minimum absolute atomic E-state index is 0.000620. The molecule has 0 fully saturated rings. The zero-order chi connectivity index (χ0) is 20.7. The molecule has 0 aliphatic rings. The molecule has 0 saturated carbocycles. The standard InChI is InChI=1S/C18H19ClN4O4S/c1-13(24)21-16-6-8-17(9-7-16)28(26,27)23(2)12-18(25)22-20-11-14-4-3-5-15(19)10-14/h3-11H,12H2,1-2H3,(H,21,24)(H,22,25)/b20-11+. The molecule has 0 aromatic heterocycles. The summed E-state index contributed by atoms with van der Waals surface area (Å²) < 4.78 is 26.0. The van der Waals surface area contributed by atoms with Gasteiger partial charge in [-0.05, 0) is 42.0 Å². The minimum Gasteiger partial charge on any atom is -0.326 e. The van der Waals surface area contributed by atoms with Crippen LogP contribution in [-0.4, -0.2) is 44.3 Å². The Kier molecular flexibility index (Phi) is 7.27. The molecule has 10 heteroatoms. The molecule has 148 valence electrons. The lowest BCUT2D eigenvalue weighted by Crippen LogP contribution is -2.36. The third kappa shape index (κ3) is 6.15. The van der Waals surface area contributed by atoms with Gasteiger partial charge in [-0.3, -0.25) is 9.59 Å². The number of hydrogen-bond donors (Lipinski definition) is 2. The summed E-state index contributed by atoms with van der Waals surface area (Å²) in [4.78, 5) is 23.0. The first-order chi connectivity index (χ1) is 13.2. The molecule has 8 nitrogen and oxygen atoms in total. The molecule has 2 rings (SSSR count). The number of sulfonamides is 1. The number of nitrogens with one attached hydrogen (secondary N) is 2. The van der Waals surface area contributed by atoms with E-state index >= 15 is 0 Å². The van der Waals surface area contributed by atoms with Crippen molar-refractivity contribution in [3.05, 3.63) is 59.1 Å². The highest BCUT2D eigenvalue weighted by Crippen LogP contribution is 2.17. The summed E-state index contributed by atoms with van der Waals surface area (Å²) in [6.07, 6.45) is 1.40. The lowest BCUT2D eigenvalue weighted by molar-refractivity contribution is -0.121. The Morgan fingerprint density at radius 2 is 1.86 bits per heavy atom. The Morgan fingerprint density at radius 1 is 1.18 bits per heavy atom. The van der Waals surface area contributed by atoms with Crippen molar-refractivity contribution in [1.29, 1.82) is 0 Å². The van der Waals surface area contributed by atoms with Crippen LogP contribution in [0.4, 0.5) is 5.69 Å². The fourth-order valence-corrected chi connectivity index (χ4v) is 3.51. The molecule has 0 aliphatic heterocycles. The van der Waals surface area contributed by atoms with Gasteiger partial charge >= 0.3 is 0 Å². The number of rotatable bonds is 7. The second-order valence-electron chi connectivity index (χ2n) is 5.81. The lowest BCUT2D eigenvalue weighted by Gasteiger charge is -2.16. The van der Waals surface area contributed by atoms with Crippen LogP contribution in [0.15, 0.2) is 58.5 Å². The van der Waals surface area contributed by atoms with Gasteiger partial charge in [-0.2, -0.15) is 9.41 Å².